The largest absolute Gasteiger partial charge is 0.496 e. The van der Waals surface area contributed by atoms with Gasteiger partial charge in [-0.25, -0.2) is 0 Å². The van der Waals surface area contributed by atoms with Gasteiger partial charge in [0.15, 0.2) is 0 Å². The maximum Gasteiger partial charge on any atom is 0.126 e. The molecule has 0 unspecified atom stereocenters. The molecule has 0 saturated heterocycles. The summed E-state index contributed by atoms with van der Waals surface area (Å²) < 4.78 is 5.51. The van der Waals surface area contributed by atoms with Crippen LogP contribution in [0.2, 0.25) is 0 Å². The average molecular weight is 228 g/mol. The number of fused-ring (bicyclic) bond motifs is 1. The van der Waals surface area contributed by atoms with Gasteiger partial charge in [0.25, 0.3) is 0 Å². The predicted molar refractivity (Wildman–Crippen MR) is 73.8 cm³/mol. The van der Waals surface area contributed by atoms with Gasteiger partial charge in [0.1, 0.15) is 5.75 Å². The number of hydrogen-bond donors (Lipinski definition) is 0. The van der Waals surface area contributed by atoms with Crippen LogP contribution in [-0.2, 0) is 0 Å². The van der Waals surface area contributed by atoms with E-state index in [9.17, 15) is 0 Å². The third kappa shape index (κ3) is 2.28. The standard InChI is InChI=1S/C16H20O/c1-4-12(5-2)14-10-13-8-6-7-9-15(13)16(11-14)17-3/h6-12H,4-5H2,1-3H3. The lowest BCUT2D eigenvalue weighted by atomic mass is 9.92. The molecule has 0 aromatic heterocycles. The van der Waals surface area contributed by atoms with Crippen LogP contribution in [-0.4, -0.2) is 7.11 Å². The highest BCUT2D eigenvalue weighted by Crippen LogP contribution is 2.32. The summed E-state index contributed by atoms with van der Waals surface area (Å²) in [5.74, 6) is 1.62. The lowest BCUT2D eigenvalue weighted by Gasteiger charge is -2.15. The molecule has 0 radical (unpaired) electrons. The lowest BCUT2D eigenvalue weighted by Crippen LogP contribution is -1.97. The number of ether oxygens (including phenoxy) is 1. The lowest BCUT2D eigenvalue weighted by molar-refractivity contribution is 0.418. The zero-order valence-electron chi connectivity index (χ0n) is 10.9. The zero-order chi connectivity index (χ0) is 12.3. The van der Waals surface area contributed by atoms with Crippen molar-refractivity contribution in [2.75, 3.05) is 7.11 Å². The molecule has 0 saturated carbocycles. The van der Waals surface area contributed by atoms with E-state index in [2.05, 4.69) is 50.2 Å². The number of methoxy groups -OCH3 is 1. The summed E-state index contributed by atoms with van der Waals surface area (Å²) in [7, 11) is 1.75. The molecular weight excluding hydrogens is 208 g/mol. The Morgan fingerprint density at radius 3 is 2.41 bits per heavy atom. The fourth-order valence-corrected chi connectivity index (χ4v) is 2.46. The smallest absolute Gasteiger partial charge is 0.126 e. The minimum Gasteiger partial charge on any atom is -0.496 e. The van der Waals surface area contributed by atoms with Gasteiger partial charge in [0, 0.05) is 5.39 Å². The van der Waals surface area contributed by atoms with Gasteiger partial charge in [-0.15, -0.1) is 0 Å². The van der Waals surface area contributed by atoms with Crippen LogP contribution in [0.15, 0.2) is 36.4 Å². The Balaban J connectivity index is 2.59. The van der Waals surface area contributed by atoms with Gasteiger partial charge in [-0.3, -0.25) is 0 Å². The maximum absolute atomic E-state index is 5.51. The van der Waals surface area contributed by atoms with E-state index in [1.807, 2.05) is 0 Å². The SMILES string of the molecule is CCC(CC)c1cc(OC)c2ccccc2c1. The van der Waals surface area contributed by atoms with Crippen LogP contribution in [0.3, 0.4) is 0 Å². The second-order valence-corrected chi connectivity index (χ2v) is 4.46. The van der Waals surface area contributed by atoms with E-state index in [4.69, 9.17) is 4.74 Å². The van der Waals surface area contributed by atoms with Crippen LogP contribution in [0.1, 0.15) is 38.2 Å². The summed E-state index contributed by atoms with van der Waals surface area (Å²) in [4.78, 5) is 0. The highest BCUT2D eigenvalue weighted by Gasteiger charge is 2.10. The monoisotopic (exact) mass is 228 g/mol. The molecule has 90 valence electrons. The van der Waals surface area contributed by atoms with Crippen LogP contribution in [0.25, 0.3) is 10.8 Å². The minimum atomic E-state index is 0.633. The highest BCUT2D eigenvalue weighted by atomic mass is 16.5. The average Bonchev–Trinajstić information content (AvgIpc) is 2.39. The Bertz CT molecular complexity index is 498. The van der Waals surface area contributed by atoms with Gasteiger partial charge in [-0.05, 0) is 35.8 Å². The van der Waals surface area contributed by atoms with Crippen molar-refractivity contribution >= 4 is 10.8 Å². The van der Waals surface area contributed by atoms with Crippen LogP contribution in [0, 0.1) is 0 Å². The van der Waals surface area contributed by atoms with E-state index in [0.29, 0.717) is 5.92 Å². The van der Waals surface area contributed by atoms with E-state index < -0.39 is 0 Å². The van der Waals surface area contributed by atoms with Gasteiger partial charge >= 0.3 is 0 Å². The molecule has 2 rings (SSSR count). The minimum absolute atomic E-state index is 0.633. The molecule has 0 aliphatic rings. The third-order valence-corrected chi connectivity index (χ3v) is 3.52. The van der Waals surface area contributed by atoms with Crippen LogP contribution in [0.5, 0.6) is 5.75 Å². The Hall–Kier alpha value is -1.50. The van der Waals surface area contributed by atoms with Gasteiger partial charge < -0.3 is 4.74 Å². The number of benzene rings is 2. The molecule has 0 bridgehead atoms. The van der Waals surface area contributed by atoms with E-state index >= 15 is 0 Å². The molecule has 0 heterocycles. The summed E-state index contributed by atoms with van der Waals surface area (Å²) in [6.45, 7) is 4.49. The molecular formula is C16H20O. The van der Waals surface area contributed by atoms with E-state index in [-0.39, 0.29) is 0 Å². The van der Waals surface area contributed by atoms with Crippen molar-refractivity contribution in [2.45, 2.75) is 32.6 Å². The molecule has 0 N–H and O–H groups in total. The summed E-state index contributed by atoms with van der Waals surface area (Å²) in [5.41, 5.74) is 1.39. The van der Waals surface area contributed by atoms with Gasteiger partial charge in [-0.2, -0.15) is 0 Å². The first-order chi connectivity index (χ1) is 8.30. The van der Waals surface area contributed by atoms with Crippen molar-refractivity contribution in [3.05, 3.63) is 42.0 Å². The maximum atomic E-state index is 5.51. The van der Waals surface area contributed by atoms with E-state index in [1.54, 1.807) is 7.11 Å². The molecule has 0 aliphatic carbocycles. The fraction of sp³-hybridized carbons (Fsp3) is 0.375. The Morgan fingerprint density at radius 1 is 1.06 bits per heavy atom. The molecule has 1 heteroatoms. The van der Waals surface area contributed by atoms with Gasteiger partial charge in [0.2, 0.25) is 0 Å². The van der Waals surface area contributed by atoms with Crippen molar-refractivity contribution in [3.8, 4) is 5.75 Å². The van der Waals surface area contributed by atoms with Crippen LogP contribution in [0.4, 0.5) is 0 Å². The van der Waals surface area contributed by atoms with Gasteiger partial charge in [0.05, 0.1) is 7.11 Å². The first-order valence-electron chi connectivity index (χ1n) is 6.36. The van der Waals surface area contributed by atoms with E-state index in [1.165, 1.54) is 29.2 Å². The first-order valence-corrected chi connectivity index (χ1v) is 6.36. The predicted octanol–water partition coefficient (Wildman–Crippen LogP) is 4.75. The van der Waals surface area contributed by atoms with Crippen molar-refractivity contribution in [3.63, 3.8) is 0 Å². The van der Waals surface area contributed by atoms with Crippen LogP contribution >= 0.6 is 0 Å². The summed E-state index contributed by atoms with van der Waals surface area (Å²) in [5, 5.41) is 2.47. The fourth-order valence-electron chi connectivity index (χ4n) is 2.46. The molecule has 17 heavy (non-hydrogen) atoms. The quantitative estimate of drug-likeness (QED) is 0.733. The zero-order valence-corrected chi connectivity index (χ0v) is 10.9. The molecule has 0 atom stereocenters. The molecule has 0 spiro atoms. The molecule has 0 amide bonds. The topological polar surface area (TPSA) is 9.23 Å². The first kappa shape index (κ1) is 12.0. The third-order valence-electron chi connectivity index (χ3n) is 3.52. The highest BCUT2D eigenvalue weighted by molar-refractivity contribution is 5.89. The summed E-state index contributed by atoms with van der Waals surface area (Å²) in [6.07, 6.45) is 2.36. The molecule has 2 aromatic carbocycles. The summed E-state index contributed by atoms with van der Waals surface area (Å²) in [6, 6.07) is 12.9. The number of hydrogen-bond acceptors (Lipinski definition) is 1. The molecule has 1 nitrogen and oxygen atoms in total. The summed E-state index contributed by atoms with van der Waals surface area (Å²) >= 11 is 0. The molecule has 0 aliphatic heterocycles. The normalized spacial score (nSPS) is 11.1. The number of rotatable bonds is 4. The Morgan fingerprint density at radius 2 is 1.76 bits per heavy atom. The Kier molecular flexibility index (Phi) is 3.68. The van der Waals surface area contributed by atoms with Crippen LogP contribution < -0.4 is 4.74 Å². The van der Waals surface area contributed by atoms with Crippen molar-refractivity contribution in [1.82, 2.24) is 0 Å². The molecule has 2 aromatic rings. The van der Waals surface area contributed by atoms with Crippen molar-refractivity contribution < 1.29 is 4.74 Å². The van der Waals surface area contributed by atoms with Crippen molar-refractivity contribution in [2.24, 2.45) is 0 Å². The van der Waals surface area contributed by atoms with Gasteiger partial charge in [-0.1, -0.05) is 44.2 Å². The second kappa shape index (κ2) is 5.22. The second-order valence-electron chi connectivity index (χ2n) is 4.46. The van der Waals surface area contributed by atoms with Crippen molar-refractivity contribution in [1.29, 1.82) is 0 Å². The Labute approximate surface area is 103 Å². The molecule has 0 fully saturated rings. The van der Waals surface area contributed by atoms with E-state index in [0.717, 1.165) is 5.75 Å².